The Labute approximate surface area is 196 Å². The topological polar surface area (TPSA) is 185 Å². The normalized spacial score (nSPS) is 25.5. The van der Waals surface area contributed by atoms with E-state index in [1.807, 2.05) is 33.8 Å². The monoisotopic (exact) mass is 474 g/mol. The van der Waals surface area contributed by atoms with Gasteiger partial charge in [0, 0.05) is 6.42 Å². The van der Waals surface area contributed by atoms with Crippen LogP contribution in [-0.2, 0) is 24.7 Å². The highest BCUT2D eigenvalue weighted by Crippen LogP contribution is 2.41. The Morgan fingerprint density at radius 1 is 1.38 bits per heavy atom. The summed E-state index contributed by atoms with van der Waals surface area (Å²) in [4.78, 5) is 28.8. The molecule has 1 aliphatic rings. The van der Waals surface area contributed by atoms with Crippen molar-refractivity contribution in [2.45, 2.75) is 64.1 Å². The molecule has 12 nitrogen and oxygen atoms in total. The van der Waals surface area contributed by atoms with Crippen LogP contribution in [0.4, 0.5) is 5.82 Å². The molecule has 2 aromatic heterocycles. The lowest BCUT2D eigenvalue weighted by atomic mass is 9.92. The molecule has 0 bridgehead atoms. The third-order valence-electron chi connectivity index (χ3n) is 5.72. The lowest BCUT2D eigenvalue weighted by molar-refractivity contribution is -0.157. The number of nitrogens with two attached hydrogens (primary N) is 1. The maximum atomic E-state index is 12.4. The van der Waals surface area contributed by atoms with Crippen LogP contribution in [-0.4, -0.2) is 67.6 Å². The molecule has 0 radical (unpaired) electrons. The van der Waals surface area contributed by atoms with E-state index in [0.717, 1.165) is 0 Å². The number of carbonyl (C=O) groups excluding carboxylic acids is 2. The van der Waals surface area contributed by atoms with E-state index in [1.165, 1.54) is 16.9 Å². The van der Waals surface area contributed by atoms with E-state index >= 15 is 0 Å². The fraction of sp³-hybridized carbons (Fsp3) is 0.591. The number of esters is 1. The first-order chi connectivity index (χ1) is 16.0. The number of aliphatic hydroxyl groups is 2. The number of anilines is 1. The van der Waals surface area contributed by atoms with Crippen molar-refractivity contribution in [1.82, 2.24) is 14.6 Å². The summed E-state index contributed by atoms with van der Waals surface area (Å²) in [5, 5.41) is 37.8. The molecule has 0 aromatic carbocycles. The van der Waals surface area contributed by atoms with Gasteiger partial charge < -0.3 is 30.7 Å². The zero-order chi connectivity index (χ0) is 25.2. The zero-order valence-corrected chi connectivity index (χ0v) is 19.5. The molecular weight excluding hydrogens is 444 g/mol. The highest BCUT2D eigenvalue weighted by molar-refractivity contribution is 5.97. The maximum Gasteiger partial charge on any atom is 0.306 e. The Balaban J connectivity index is 1.98. The van der Waals surface area contributed by atoms with Gasteiger partial charge in [0.1, 0.15) is 30.1 Å². The van der Waals surface area contributed by atoms with Gasteiger partial charge in [-0.05, 0) is 24.0 Å². The van der Waals surface area contributed by atoms with Crippen molar-refractivity contribution in [2.75, 3.05) is 11.9 Å². The van der Waals surface area contributed by atoms with Crippen molar-refractivity contribution < 1.29 is 29.3 Å². The fourth-order valence-electron chi connectivity index (χ4n) is 3.80. The average Bonchev–Trinajstić information content (AvgIpc) is 3.33. The number of ether oxygens (including phenoxy) is 2. The van der Waals surface area contributed by atoms with Crippen LogP contribution < -0.4 is 11.1 Å². The largest absolute Gasteiger partial charge is 0.457 e. The van der Waals surface area contributed by atoms with Crippen molar-refractivity contribution in [3.63, 3.8) is 0 Å². The van der Waals surface area contributed by atoms with Crippen molar-refractivity contribution in [1.29, 1.82) is 5.26 Å². The number of hydrogen-bond acceptors (Lipinski definition) is 10. The molecule has 3 heterocycles. The summed E-state index contributed by atoms with van der Waals surface area (Å²) in [6.07, 6.45) is -2.76. The average molecular weight is 475 g/mol. The van der Waals surface area contributed by atoms with Crippen LogP contribution in [0.2, 0.25) is 0 Å². The van der Waals surface area contributed by atoms with E-state index in [9.17, 15) is 25.1 Å². The van der Waals surface area contributed by atoms with Crippen molar-refractivity contribution in [2.24, 2.45) is 17.6 Å². The fourth-order valence-corrected chi connectivity index (χ4v) is 3.80. The third kappa shape index (κ3) is 4.60. The molecule has 12 heteroatoms. The second-order valence-corrected chi connectivity index (χ2v) is 9.07. The molecule has 5 atom stereocenters. The Bertz CT molecular complexity index is 1100. The van der Waals surface area contributed by atoms with E-state index in [4.69, 9.17) is 15.2 Å². The van der Waals surface area contributed by atoms with Gasteiger partial charge in [-0.1, -0.05) is 27.7 Å². The predicted octanol–water partition coefficient (Wildman–Crippen LogP) is 0.0799. The number of nitriles is 1. The number of carbonyl (C=O) groups is 2. The number of aliphatic hydroxyl groups excluding tert-OH is 2. The van der Waals surface area contributed by atoms with E-state index in [0.29, 0.717) is 5.52 Å². The van der Waals surface area contributed by atoms with E-state index in [1.54, 1.807) is 6.07 Å². The van der Waals surface area contributed by atoms with E-state index in [2.05, 4.69) is 15.4 Å². The Morgan fingerprint density at radius 2 is 2.09 bits per heavy atom. The maximum absolute atomic E-state index is 12.4. The van der Waals surface area contributed by atoms with Crippen LogP contribution in [0.3, 0.4) is 0 Å². The minimum Gasteiger partial charge on any atom is -0.457 e. The molecule has 1 saturated heterocycles. The summed E-state index contributed by atoms with van der Waals surface area (Å²) < 4.78 is 12.5. The van der Waals surface area contributed by atoms with Crippen molar-refractivity contribution in [3.05, 3.63) is 24.2 Å². The van der Waals surface area contributed by atoms with Crippen molar-refractivity contribution >= 4 is 23.2 Å². The number of aromatic nitrogens is 3. The number of hydrogen-bond donors (Lipinski definition) is 4. The van der Waals surface area contributed by atoms with Gasteiger partial charge in [-0.3, -0.25) is 9.59 Å². The standard InChI is InChI=1S/C22H30N6O6/c1-11(2)7-16(30)33-18-14(8-29)34-22(9-23,19(18)31)15-6-5-13-20(25-10-26-28(13)15)27-21(32)17(24)12(3)4/h5-6,10-12,14,17-19,29,31H,7-8,24H2,1-4H3,(H,25,26,27,32)/t14?,17-,18+,19+,22-/m0/s1. The van der Waals surface area contributed by atoms with Crippen LogP contribution in [0.15, 0.2) is 18.5 Å². The lowest BCUT2D eigenvalue weighted by Crippen LogP contribution is -2.43. The quantitative estimate of drug-likeness (QED) is 0.382. The molecule has 1 aliphatic heterocycles. The second-order valence-electron chi connectivity index (χ2n) is 9.07. The Hall–Kier alpha value is -3.11. The highest BCUT2D eigenvalue weighted by Gasteiger charge is 2.59. The van der Waals surface area contributed by atoms with Gasteiger partial charge in [-0.2, -0.15) is 10.4 Å². The third-order valence-corrected chi connectivity index (χ3v) is 5.72. The molecule has 3 rings (SSSR count). The lowest BCUT2D eigenvalue weighted by Gasteiger charge is -2.25. The smallest absolute Gasteiger partial charge is 0.306 e. The van der Waals surface area contributed by atoms with Gasteiger partial charge in [0.15, 0.2) is 11.9 Å². The minimum absolute atomic E-state index is 0.0176. The molecule has 0 spiro atoms. The predicted molar refractivity (Wildman–Crippen MR) is 119 cm³/mol. The van der Waals surface area contributed by atoms with Crippen LogP contribution >= 0.6 is 0 Å². The molecule has 0 aliphatic carbocycles. The summed E-state index contributed by atoms with van der Waals surface area (Å²) >= 11 is 0. The molecule has 1 fully saturated rings. The second kappa shape index (κ2) is 10.0. The van der Waals surface area contributed by atoms with E-state index in [-0.39, 0.29) is 29.8 Å². The summed E-state index contributed by atoms with van der Waals surface area (Å²) in [6.45, 7) is 6.71. The molecule has 34 heavy (non-hydrogen) atoms. The van der Waals surface area contributed by atoms with Gasteiger partial charge in [0.2, 0.25) is 11.5 Å². The van der Waals surface area contributed by atoms with Crippen LogP contribution in [0.5, 0.6) is 0 Å². The minimum atomic E-state index is -2.01. The first kappa shape index (κ1) is 25.5. The molecule has 184 valence electrons. The SMILES string of the molecule is CC(C)CC(=O)O[C@@H]1C(CO)O[C@@](C#N)(c2ccc3c(NC(=O)[C@@H](N)C(C)C)ncnn23)[C@@H]1O. The van der Waals surface area contributed by atoms with Gasteiger partial charge in [-0.15, -0.1) is 0 Å². The van der Waals surface area contributed by atoms with Gasteiger partial charge in [0.25, 0.3) is 0 Å². The summed E-state index contributed by atoms with van der Waals surface area (Å²) in [7, 11) is 0. The number of rotatable bonds is 8. The zero-order valence-electron chi connectivity index (χ0n) is 19.5. The Morgan fingerprint density at radius 3 is 2.68 bits per heavy atom. The Kier molecular flexibility index (Phi) is 7.52. The van der Waals surface area contributed by atoms with Crippen molar-refractivity contribution in [3.8, 4) is 6.07 Å². The molecule has 2 aromatic rings. The number of fused-ring (bicyclic) bond motifs is 1. The van der Waals surface area contributed by atoms with Crippen LogP contribution in [0, 0.1) is 23.2 Å². The van der Waals surface area contributed by atoms with Gasteiger partial charge >= 0.3 is 5.97 Å². The summed E-state index contributed by atoms with van der Waals surface area (Å²) in [5.74, 6) is -0.952. The molecular formula is C22H30N6O6. The number of nitrogens with one attached hydrogen (secondary N) is 1. The van der Waals surface area contributed by atoms with E-state index < -0.39 is 48.4 Å². The van der Waals surface area contributed by atoms with Gasteiger partial charge in [-0.25, -0.2) is 9.50 Å². The van der Waals surface area contributed by atoms with Gasteiger partial charge in [0.05, 0.1) is 18.3 Å². The molecule has 1 unspecified atom stereocenters. The molecule has 1 amide bonds. The number of amides is 1. The van der Waals surface area contributed by atoms with Crippen LogP contribution in [0.1, 0.15) is 39.8 Å². The first-order valence-corrected chi connectivity index (χ1v) is 11.0. The summed E-state index contributed by atoms with van der Waals surface area (Å²) in [6, 6.07) is 4.23. The first-order valence-electron chi connectivity index (χ1n) is 11.0. The molecule has 0 saturated carbocycles. The van der Waals surface area contributed by atoms with Crippen LogP contribution in [0.25, 0.3) is 5.52 Å². The molecule has 5 N–H and O–H groups in total. The summed E-state index contributed by atoms with van der Waals surface area (Å²) in [5.41, 5.74) is 4.34. The highest BCUT2D eigenvalue weighted by atomic mass is 16.6. The number of nitrogens with zero attached hydrogens (tertiary/aromatic N) is 4.